The molecule has 0 amide bonds. The van der Waals surface area contributed by atoms with Crippen LogP contribution in [0.4, 0.5) is 0 Å². The van der Waals surface area contributed by atoms with Crippen molar-refractivity contribution in [1.29, 1.82) is 0 Å². The fourth-order valence-electron chi connectivity index (χ4n) is 2.89. The number of hydrogen-bond acceptors (Lipinski definition) is 3. The van der Waals surface area contributed by atoms with Gasteiger partial charge in [-0.15, -0.1) is 11.3 Å². The molecule has 0 spiro atoms. The van der Waals surface area contributed by atoms with Crippen LogP contribution in [0.15, 0.2) is 48.5 Å². The minimum absolute atomic E-state index is 0.879. The molecule has 118 valence electrons. The van der Waals surface area contributed by atoms with E-state index in [4.69, 9.17) is 9.47 Å². The Morgan fingerprint density at radius 3 is 1.26 bits per heavy atom. The van der Waals surface area contributed by atoms with E-state index in [1.54, 1.807) is 14.2 Å². The summed E-state index contributed by atoms with van der Waals surface area (Å²) in [5.74, 6) is 1.76. The molecule has 0 radical (unpaired) electrons. The molecule has 0 saturated heterocycles. The molecule has 3 heteroatoms. The van der Waals surface area contributed by atoms with Crippen LogP contribution in [0.2, 0.25) is 0 Å². The van der Waals surface area contributed by atoms with E-state index in [9.17, 15) is 0 Å². The van der Waals surface area contributed by atoms with Crippen molar-refractivity contribution in [3.8, 4) is 33.8 Å². The second-order valence-corrected chi connectivity index (χ2v) is 6.85. The van der Waals surface area contributed by atoms with Crippen LogP contribution in [-0.4, -0.2) is 14.2 Å². The number of thiophene rings is 1. The van der Waals surface area contributed by atoms with Gasteiger partial charge in [-0.3, -0.25) is 0 Å². The number of methoxy groups -OCH3 is 2. The van der Waals surface area contributed by atoms with Crippen molar-refractivity contribution in [2.45, 2.75) is 13.8 Å². The molecule has 0 bridgehead atoms. The predicted molar refractivity (Wildman–Crippen MR) is 97.8 cm³/mol. The van der Waals surface area contributed by atoms with Gasteiger partial charge in [-0.2, -0.15) is 0 Å². The van der Waals surface area contributed by atoms with Crippen LogP contribution in [0.3, 0.4) is 0 Å². The van der Waals surface area contributed by atoms with Crippen molar-refractivity contribution in [2.24, 2.45) is 0 Å². The second-order valence-electron chi connectivity index (χ2n) is 5.42. The molecule has 0 fully saturated rings. The molecular formula is C20H20O2S. The molecule has 0 saturated carbocycles. The maximum atomic E-state index is 5.27. The van der Waals surface area contributed by atoms with Gasteiger partial charge in [-0.1, -0.05) is 24.3 Å². The minimum atomic E-state index is 0.879. The standard InChI is InChI=1S/C20H20O2S/c1-13-19(15-5-9-17(21-3)10-6-15)20(14(2)23-13)16-7-11-18(22-4)12-8-16/h5-12H,1-4H3. The van der Waals surface area contributed by atoms with Gasteiger partial charge in [0.15, 0.2) is 0 Å². The first-order valence-electron chi connectivity index (χ1n) is 7.53. The highest BCUT2D eigenvalue weighted by Crippen LogP contribution is 2.43. The zero-order chi connectivity index (χ0) is 16.4. The first-order valence-corrected chi connectivity index (χ1v) is 8.34. The molecule has 2 nitrogen and oxygen atoms in total. The number of rotatable bonds is 4. The topological polar surface area (TPSA) is 18.5 Å². The smallest absolute Gasteiger partial charge is 0.118 e. The average Bonchev–Trinajstić information content (AvgIpc) is 2.89. The highest BCUT2D eigenvalue weighted by Gasteiger charge is 2.16. The number of hydrogen-bond donors (Lipinski definition) is 0. The lowest BCUT2D eigenvalue weighted by Crippen LogP contribution is -1.87. The van der Waals surface area contributed by atoms with Crippen molar-refractivity contribution in [2.75, 3.05) is 14.2 Å². The molecule has 0 aliphatic carbocycles. The SMILES string of the molecule is COc1ccc(-c2c(C)sc(C)c2-c2ccc(OC)cc2)cc1. The van der Waals surface area contributed by atoms with Crippen LogP contribution in [-0.2, 0) is 0 Å². The summed E-state index contributed by atoms with van der Waals surface area (Å²) >= 11 is 1.84. The molecule has 0 aliphatic rings. The summed E-state index contributed by atoms with van der Waals surface area (Å²) in [6, 6.07) is 16.6. The number of benzene rings is 2. The van der Waals surface area contributed by atoms with E-state index in [1.807, 2.05) is 35.6 Å². The fraction of sp³-hybridized carbons (Fsp3) is 0.200. The Bertz CT molecular complexity index is 731. The van der Waals surface area contributed by atoms with E-state index in [0.29, 0.717) is 0 Å². The van der Waals surface area contributed by atoms with Crippen molar-refractivity contribution >= 4 is 11.3 Å². The number of ether oxygens (including phenoxy) is 2. The largest absolute Gasteiger partial charge is 0.497 e. The monoisotopic (exact) mass is 324 g/mol. The summed E-state index contributed by atoms with van der Waals surface area (Å²) in [6.45, 7) is 4.37. The predicted octanol–water partition coefficient (Wildman–Crippen LogP) is 5.72. The second kappa shape index (κ2) is 6.47. The van der Waals surface area contributed by atoms with Crippen molar-refractivity contribution in [3.05, 3.63) is 58.3 Å². The van der Waals surface area contributed by atoms with Gasteiger partial charge in [0.05, 0.1) is 14.2 Å². The van der Waals surface area contributed by atoms with E-state index >= 15 is 0 Å². The van der Waals surface area contributed by atoms with Crippen molar-refractivity contribution < 1.29 is 9.47 Å². The Morgan fingerprint density at radius 2 is 0.957 bits per heavy atom. The van der Waals surface area contributed by atoms with Crippen LogP contribution < -0.4 is 9.47 Å². The van der Waals surface area contributed by atoms with Gasteiger partial charge in [0.1, 0.15) is 11.5 Å². The number of aryl methyl sites for hydroxylation is 2. The molecule has 0 atom stereocenters. The zero-order valence-corrected chi connectivity index (χ0v) is 14.7. The van der Waals surface area contributed by atoms with Gasteiger partial charge in [0, 0.05) is 20.9 Å². The lowest BCUT2D eigenvalue weighted by Gasteiger charge is -2.09. The molecular weight excluding hydrogens is 304 g/mol. The molecule has 0 N–H and O–H groups in total. The minimum Gasteiger partial charge on any atom is -0.497 e. The van der Waals surface area contributed by atoms with Crippen LogP contribution >= 0.6 is 11.3 Å². The van der Waals surface area contributed by atoms with Gasteiger partial charge < -0.3 is 9.47 Å². The molecule has 0 unspecified atom stereocenters. The quantitative estimate of drug-likeness (QED) is 0.611. The normalized spacial score (nSPS) is 10.6. The Kier molecular flexibility index (Phi) is 4.39. The Balaban J connectivity index is 2.13. The summed E-state index contributed by atoms with van der Waals surface area (Å²) in [5, 5.41) is 0. The zero-order valence-electron chi connectivity index (χ0n) is 13.8. The maximum Gasteiger partial charge on any atom is 0.118 e. The third-order valence-corrected chi connectivity index (χ3v) is 5.04. The third-order valence-electron chi connectivity index (χ3n) is 4.02. The maximum absolute atomic E-state index is 5.27. The molecule has 23 heavy (non-hydrogen) atoms. The van der Waals surface area contributed by atoms with Crippen LogP contribution in [0.1, 0.15) is 9.75 Å². The lowest BCUT2D eigenvalue weighted by molar-refractivity contribution is 0.414. The van der Waals surface area contributed by atoms with Crippen LogP contribution in [0.5, 0.6) is 11.5 Å². The van der Waals surface area contributed by atoms with Gasteiger partial charge in [-0.25, -0.2) is 0 Å². The molecule has 3 rings (SSSR count). The van der Waals surface area contributed by atoms with Gasteiger partial charge in [-0.05, 0) is 49.2 Å². The highest BCUT2D eigenvalue weighted by molar-refractivity contribution is 7.13. The van der Waals surface area contributed by atoms with Crippen molar-refractivity contribution in [3.63, 3.8) is 0 Å². The fourth-order valence-corrected chi connectivity index (χ4v) is 4.00. The van der Waals surface area contributed by atoms with E-state index in [1.165, 1.54) is 32.0 Å². The summed E-state index contributed by atoms with van der Waals surface area (Å²) < 4.78 is 10.5. The van der Waals surface area contributed by atoms with E-state index in [0.717, 1.165) is 11.5 Å². The molecule has 2 aromatic carbocycles. The summed E-state index contributed by atoms with van der Waals surface area (Å²) in [4.78, 5) is 2.66. The average molecular weight is 324 g/mol. The highest BCUT2D eigenvalue weighted by atomic mass is 32.1. The van der Waals surface area contributed by atoms with Gasteiger partial charge in [0.25, 0.3) is 0 Å². The Morgan fingerprint density at radius 1 is 0.609 bits per heavy atom. The molecule has 1 heterocycles. The van der Waals surface area contributed by atoms with Crippen molar-refractivity contribution in [1.82, 2.24) is 0 Å². The molecule has 3 aromatic rings. The van der Waals surface area contributed by atoms with Gasteiger partial charge >= 0.3 is 0 Å². The Hall–Kier alpha value is -2.26. The van der Waals surface area contributed by atoms with E-state index in [-0.39, 0.29) is 0 Å². The summed E-state index contributed by atoms with van der Waals surface area (Å²) in [6.07, 6.45) is 0. The van der Waals surface area contributed by atoms with Crippen LogP contribution in [0.25, 0.3) is 22.3 Å². The van der Waals surface area contributed by atoms with E-state index < -0.39 is 0 Å². The first kappa shape index (κ1) is 15.6. The van der Waals surface area contributed by atoms with Gasteiger partial charge in [0.2, 0.25) is 0 Å². The first-order chi connectivity index (χ1) is 11.1. The van der Waals surface area contributed by atoms with Crippen LogP contribution in [0, 0.1) is 13.8 Å². The van der Waals surface area contributed by atoms with E-state index in [2.05, 4.69) is 38.1 Å². The molecule has 0 aliphatic heterocycles. The molecule has 1 aromatic heterocycles. The summed E-state index contributed by atoms with van der Waals surface area (Å²) in [7, 11) is 3.38. The Labute approximate surface area is 141 Å². The lowest BCUT2D eigenvalue weighted by atomic mass is 9.95. The third kappa shape index (κ3) is 2.97. The summed E-state index contributed by atoms with van der Waals surface area (Å²) in [5.41, 5.74) is 5.05.